The number of rotatable bonds is 5. The van der Waals surface area contributed by atoms with Crippen LogP contribution in [-0.2, 0) is 12.0 Å². The van der Waals surface area contributed by atoms with Gasteiger partial charge in [-0.2, -0.15) is 5.10 Å². The third kappa shape index (κ3) is 4.97. The Balaban J connectivity index is 1.45. The van der Waals surface area contributed by atoms with Gasteiger partial charge in [-0.1, -0.05) is 63.2 Å². The van der Waals surface area contributed by atoms with Crippen molar-refractivity contribution in [3.63, 3.8) is 0 Å². The lowest BCUT2D eigenvalue weighted by Gasteiger charge is -2.34. The van der Waals surface area contributed by atoms with E-state index in [1.165, 1.54) is 5.56 Å². The summed E-state index contributed by atoms with van der Waals surface area (Å²) in [6, 6.07) is 22.1. The lowest BCUT2D eigenvalue weighted by atomic mass is 9.93. The maximum absolute atomic E-state index is 13.8. The number of carbonyl (C=O) groups excluding carboxylic acids is 1. The summed E-state index contributed by atoms with van der Waals surface area (Å²) >= 11 is 0. The van der Waals surface area contributed by atoms with Crippen LogP contribution in [0.3, 0.4) is 0 Å². The average molecular weight is 484 g/mol. The Labute approximate surface area is 212 Å². The minimum Gasteiger partial charge on any atom is -0.497 e. The first kappa shape index (κ1) is 24.0. The fourth-order valence-electron chi connectivity index (χ4n) is 4.54. The van der Waals surface area contributed by atoms with Gasteiger partial charge < -0.3 is 9.64 Å². The SMILES string of the molecule is COc1cccc(-c2cc(C(=O)N3CCN(Cc4ccccc4)CC3)n3nc(C(C)(C)C)cc3n2)c1. The normalized spacial score (nSPS) is 14.8. The van der Waals surface area contributed by atoms with E-state index in [1.807, 2.05) is 47.4 Å². The van der Waals surface area contributed by atoms with Crippen molar-refractivity contribution in [1.29, 1.82) is 0 Å². The van der Waals surface area contributed by atoms with Crippen LogP contribution in [-0.4, -0.2) is 63.6 Å². The van der Waals surface area contributed by atoms with Gasteiger partial charge >= 0.3 is 0 Å². The molecule has 0 atom stereocenters. The quantitative estimate of drug-likeness (QED) is 0.413. The Morgan fingerprint density at radius 3 is 2.39 bits per heavy atom. The zero-order chi connectivity index (χ0) is 25.3. The maximum Gasteiger partial charge on any atom is 0.272 e. The number of ether oxygens (including phenoxy) is 1. The predicted octanol–water partition coefficient (Wildman–Crippen LogP) is 4.66. The smallest absolute Gasteiger partial charge is 0.272 e. The van der Waals surface area contributed by atoms with E-state index >= 15 is 0 Å². The molecule has 2 aromatic carbocycles. The number of carbonyl (C=O) groups is 1. The molecule has 2 aromatic heterocycles. The van der Waals surface area contributed by atoms with Gasteiger partial charge in [0.05, 0.1) is 18.5 Å². The number of methoxy groups -OCH3 is 1. The fourth-order valence-corrected chi connectivity index (χ4v) is 4.54. The Morgan fingerprint density at radius 2 is 1.69 bits per heavy atom. The van der Waals surface area contributed by atoms with Gasteiger partial charge in [-0.05, 0) is 23.8 Å². The molecule has 0 N–H and O–H groups in total. The standard InChI is InChI=1S/C29H33N5O2/c1-29(2,3)26-19-27-30-24(22-11-8-12-23(17-22)36-4)18-25(34(27)31-26)28(35)33-15-13-32(14-16-33)20-21-9-6-5-7-10-21/h5-12,17-19H,13-16,20H2,1-4H3. The highest BCUT2D eigenvalue weighted by atomic mass is 16.5. The Hall–Kier alpha value is -3.71. The van der Waals surface area contributed by atoms with Gasteiger partial charge in [-0.25, -0.2) is 9.50 Å². The molecule has 1 aliphatic rings. The molecule has 7 heteroatoms. The first-order chi connectivity index (χ1) is 17.3. The van der Waals surface area contributed by atoms with E-state index < -0.39 is 0 Å². The second kappa shape index (κ2) is 9.74. The van der Waals surface area contributed by atoms with Crippen molar-refractivity contribution < 1.29 is 9.53 Å². The lowest BCUT2D eigenvalue weighted by Crippen LogP contribution is -2.48. The number of benzene rings is 2. The summed E-state index contributed by atoms with van der Waals surface area (Å²) in [6.45, 7) is 10.3. The van der Waals surface area contributed by atoms with Crippen molar-refractivity contribution in [1.82, 2.24) is 24.4 Å². The molecule has 1 saturated heterocycles. The molecular formula is C29H33N5O2. The molecule has 5 rings (SSSR count). The molecule has 1 fully saturated rings. The average Bonchev–Trinajstić information content (AvgIpc) is 3.34. The van der Waals surface area contributed by atoms with Crippen molar-refractivity contribution in [2.75, 3.05) is 33.3 Å². The van der Waals surface area contributed by atoms with Crippen LogP contribution in [0.5, 0.6) is 5.75 Å². The largest absolute Gasteiger partial charge is 0.497 e. The van der Waals surface area contributed by atoms with E-state index in [1.54, 1.807) is 11.6 Å². The number of nitrogens with zero attached hydrogens (tertiary/aromatic N) is 5. The summed E-state index contributed by atoms with van der Waals surface area (Å²) in [4.78, 5) is 23.0. The van der Waals surface area contributed by atoms with Crippen LogP contribution in [0.15, 0.2) is 66.7 Å². The predicted molar refractivity (Wildman–Crippen MR) is 141 cm³/mol. The zero-order valence-electron chi connectivity index (χ0n) is 21.4. The highest BCUT2D eigenvalue weighted by Gasteiger charge is 2.27. The zero-order valence-corrected chi connectivity index (χ0v) is 21.4. The maximum atomic E-state index is 13.8. The second-order valence-electron chi connectivity index (χ2n) is 10.4. The highest BCUT2D eigenvalue weighted by molar-refractivity contribution is 5.94. The minimum absolute atomic E-state index is 0.0190. The third-order valence-corrected chi connectivity index (χ3v) is 6.69. The fraction of sp³-hybridized carbons (Fsp3) is 0.345. The van der Waals surface area contributed by atoms with E-state index in [9.17, 15) is 4.79 Å². The molecule has 1 amide bonds. The van der Waals surface area contributed by atoms with Crippen LogP contribution in [0.25, 0.3) is 16.9 Å². The van der Waals surface area contributed by atoms with Crippen molar-refractivity contribution in [2.24, 2.45) is 0 Å². The highest BCUT2D eigenvalue weighted by Crippen LogP contribution is 2.27. The molecule has 36 heavy (non-hydrogen) atoms. The Morgan fingerprint density at radius 1 is 0.944 bits per heavy atom. The monoisotopic (exact) mass is 483 g/mol. The van der Waals surface area contributed by atoms with Crippen LogP contribution < -0.4 is 4.74 Å². The molecule has 0 radical (unpaired) electrons. The van der Waals surface area contributed by atoms with Gasteiger partial charge in [0.25, 0.3) is 5.91 Å². The van der Waals surface area contributed by atoms with Crippen LogP contribution in [0, 0.1) is 0 Å². The van der Waals surface area contributed by atoms with Crippen molar-refractivity contribution >= 4 is 11.6 Å². The third-order valence-electron chi connectivity index (χ3n) is 6.69. The summed E-state index contributed by atoms with van der Waals surface area (Å²) < 4.78 is 7.12. The molecule has 3 heterocycles. The molecule has 0 unspecified atom stereocenters. The van der Waals surface area contributed by atoms with Gasteiger partial charge in [-0.15, -0.1) is 0 Å². The number of hydrogen-bond acceptors (Lipinski definition) is 5. The molecule has 7 nitrogen and oxygen atoms in total. The molecule has 4 aromatic rings. The molecular weight excluding hydrogens is 450 g/mol. The molecule has 0 spiro atoms. The topological polar surface area (TPSA) is 63.0 Å². The van der Waals surface area contributed by atoms with E-state index in [2.05, 4.69) is 49.9 Å². The van der Waals surface area contributed by atoms with Crippen LogP contribution in [0.4, 0.5) is 0 Å². The lowest BCUT2D eigenvalue weighted by molar-refractivity contribution is 0.0619. The molecule has 186 valence electrons. The van der Waals surface area contributed by atoms with Crippen LogP contribution in [0.2, 0.25) is 0 Å². The second-order valence-corrected chi connectivity index (χ2v) is 10.4. The van der Waals surface area contributed by atoms with Crippen molar-refractivity contribution in [3.05, 3.63) is 83.7 Å². The number of fused-ring (bicyclic) bond motifs is 1. The molecule has 0 aliphatic carbocycles. The summed E-state index contributed by atoms with van der Waals surface area (Å²) in [5, 5.41) is 4.81. The first-order valence-electron chi connectivity index (χ1n) is 12.4. The Bertz CT molecular complexity index is 1370. The number of aromatic nitrogens is 3. The first-order valence-corrected chi connectivity index (χ1v) is 12.4. The van der Waals surface area contributed by atoms with Crippen molar-refractivity contribution in [3.8, 4) is 17.0 Å². The number of piperazine rings is 1. The molecule has 0 bridgehead atoms. The van der Waals surface area contributed by atoms with E-state index in [0.717, 1.165) is 42.3 Å². The van der Waals surface area contributed by atoms with Gasteiger partial charge in [0.15, 0.2) is 5.65 Å². The van der Waals surface area contributed by atoms with Crippen LogP contribution in [0.1, 0.15) is 42.5 Å². The van der Waals surface area contributed by atoms with Gasteiger partial charge in [0, 0.05) is 49.8 Å². The number of amides is 1. The summed E-state index contributed by atoms with van der Waals surface area (Å²) in [7, 11) is 1.65. The van der Waals surface area contributed by atoms with Crippen LogP contribution >= 0.6 is 0 Å². The summed E-state index contributed by atoms with van der Waals surface area (Å²) in [5.74, 6) is 0.731. The van der Waals surface area contributed by atoms with Gasteiger partial charge in [0.1, 0.15) is 11.4 Å². The van der Waals surface area contributed by atoms with Gasteiger partial charge in [0.2, 0.25) is 0 Å². The number of hydrogen-bond donors (Lipinski definition) is 0. The van der Waals surface area contributed by atoms with E-state index in [-0.39, 0.29) is 11.3 Å². The molecule has 0 saturated carbocycles. The van der Waals surface area contributed by atoms with Crippen molar-refractivity contribution in [2.45, 2.75) is 32.7 Å². The Kier molecular flexibility index (Phi) is 6.49. The van der Waals surface area contributed by atoms with E-state index in [0.29, 0.717) is 24.4 Å². The summed E-state index contributed by atoms with van der Waals surface area (Å²) in [6.07, 6.45) is 0. The van der Waals surface area contributed by atoms with E-state index in [4.69, 9.17) is 14.8 Å². The molecule has 1 aliphatic heterocycles. The minimum atomic E-state index is -0.160. The summed E-state index contributed by atoms with van der Waals surface area (Å²) in [5.41, 5.74) is 4.87. The van der Waals surface area contributed by atoms with Gasteiger partial charge in [-0.3, -0.25) is 9.69 Å².